The van der Waals surface area contributed by atoms with Crippen LogP contribution >= 0.6 is 33.9 Å². The average Bonchev–Trinajstić information content (AvgIpc) is 2.70. The van der Waals surface area contributed by atoms with E-state index in [1.807, 2.05) is 12.1 Å². The third-order valence-corrected chi connectivity index (χ3v) is 4.00. The number of benzene rings is 1. The van der Waals surface area contributed by atoms with E-state index < -0.39 is 0 Å². The Hall–Kier alpha value is -0.620. The highest BCUT2D eigenvalue weighted by Gasteiger charge is 2.07. The molecule has 0 saturated carbocycles. The largest absolute Gasteiger partial charge is 0.487 e. The van der Waals surface area contributed by atoms with Crippen LogP contribution in [0.5, 0.6) is 5.06 Å². The maximum atomic E-state index is 13.1. The molecule has 0 aliphatic carbocycles. The quantitative estimate of drug-likeness (QED) is 0.749. The van der Waals surface area contributed by atoms with Gasteiger partial charge in [-0.15, -0.1) is 0 Å². The van der Waals surface area contributed by atoms with Crippen LogP contribution < -0.4 is 4.74 Å². The van der Waals surface area contributed by atoms with E-state index in [0.717, 1.165) is 19.1 Å². The summed E-state index contributed by atoms with van der Waals surface area (Å²) in [5.74, 6) is -0.210. The van der Waals surface area contributed by atoms with Gasteiger partial charge in [-0.3, -0.25) is 0 Å². The SMILES string of the molecule is COc1ccc(-c2cc(F)ccc2I)s1. The summed E-state index contributed by atoms with van der Waals surface area (Å²) >= 11 is 3.72. The molecule has 0 aliphatic heterocycles. The summed E-state index contributed by atoms with van der Waals surface area (Å²) in [6, 6.07) is 8.63. The van der Waals surface area contributed by atoms with Gasteiger partial charge in [-0.2, -0.15) is 0 Å². The Morgan fingerprint density at radius 2 is 2.07 bits per heavy atom. The van der Waals surface area contributed by atoms with E-state index in [4.69, 9.17) is 4.74 Å². The lowest BCUT2D eigenvalue weighted by molar-refractivity contribution is 0.427. The third kappa shape index (κ3) is 2.31. The van der Waals surface area contributed by atoms with Gasteiger partial charge < -0.3 is 4.74 Å². The Bertz CT molecular complexity index is 481. The van der Waals surface area contributed by atoms with E-state index in [2.05, 4.69) is 22.6 Å². The predicted octanol–water partition coefficient (Wildman–Crippen LogP) is 4.17. The maximum Gasteiger partial charge on any atom is 0.173 e. The second-order valence-corrected chi connectivity index (χ2v) is 5.16. The first-order valence-electron chi connectivity index (χ1n) is 4.30. The second kappa shape index (κ2) is 4.49. The summed E-state index contributed by atoms with van der Waals surface area (Å²) in [6.07, 6.45) is 0. The molecule has 1 heterocycles. The van der Waals surface area contributed by atoms with Crippen LogP contribution in [0.3, 0.4) is 0 Å². The first-order valence-corrected chi connectivity index (χ1v) is 6.19. The molecule has 78 valence electrons. The highest BCUT2D eigenvalue weighted by Crippen LogP contribution is 2.35. The van der Waals surface area contributed by atoms with Crippen molar-refractivity contribution in [1.29, 1.82) is 0 Å². The fraction of sp³-hybridized carbons (Fsp3) is 0.0909. The minimum Gasteiger partial charge on any atom is -0.487 e. The van der Waals surface area contributed by atoms with Crippen LogP contribution in [-0.2, 0) is 0 Å². The minimum atomic E-state index is -0.210. The molecule has 0 unspecified atom stereocenters. The van der Waals surface area contributed by atoms with Gasteiger partial charge in [-0.25, -0.2) is 4.39 Å². The van der Waals surface area contributed by atoms with Crippen molar-refractivity contribution in [2.45, 2.75) is 0 Å². The van der Waals surface area contributed by atoms with Gasteiger partial charge in [0.25, 0.3) is 0 Å². The molecule has 2 rings (SSSR count). The third-order valence-electron chi connectivity index (χ3n) is 1.98. The Labute approximate surface area is 105 Å². The number of hydrogen-bond donors (Lipinski definition) is 0. The van der Waals surface area contributed by atoms with Crippen LogP contribution in [0.25, 0.3) is 10.4 Å². The van der Waals surface area contributed by atoms with Crippen molar-refractivity contribution in [3.05, 3.63) is 39.7 Å². The summed E-state index contributed by atoms with van der Waals surface area (Å²) in [4.78, 5) is 1.02. The lowest BCUT2D eigenvalue weighted by atomic mass is 10.2. The van der Waals surface area contributed by atoms with Crippen molar-refractivity contribution >= 4 is 33.9 Å². The Morgan fingerprint density at radius 3 is 2.73 bits per heavy atom. The number of hydrogen-bond acceptors (Lipinski definition) is 2. The number of halogens is 2. The Kier molecular flexibility index (Phi) is 3.25. The lowest BCUT2D eigenvalue weighted by Gasteiger charge is -2.01. The molecule has 1 nitrogen and oxygen atoms in total. The predicted molar refractivity (Wildman–Crippen MR) is 69.0 cm³/mol. The van der Waals surface area contributed by atoms with E-state index in [0.29, 0.717) is 0 Å². The van der Waals surface area contributed by atoms with Crippen molar-refractivity contribution in [2.75, 3.05) is 7.11 Å². The normalized spacial score (nSPS) is 10.3. The standard InChI is InChI=1S/C11H8FIOS/c1-14-11-5-4-10(15-11)8-6-7(12)2-3-9(8)13/h2-6H,1H3. The van der Waals surface area contributed by atoms with Crippen molar-refractivity contribution in [1.82, 2.24) is 0 Å². The highest BCUT2D eigenvalue weighted by atomic mass is 127. The van der Waals surface area contributed by atoms with Crippen LogP contribution in [0.15, 0.2) is 30.3 Å². The van der Waals surface area contributed by atoms with Crippen LogP contribution in [0, 0.1) is 9.39 Å². The van der Waals surface area contributed by atoms with Gasteiger partial charge in [-0.1, -0.05) is 11.3 Å². The van der Waals surface area contributed by atoms with Crippen LogP contribution in [0.2, 0.25) is 0 Å². The van der Waals surface area contributed by atoms with Crippen LogP contribution in [-0.4, -0.2) is 7.11 Å². The molecule has 0 atom stereocenters. The van der Waals surface area contributed by atoms with Gasteiger partial charge in [0, 0.05) is 14.0 Å². The molecule has 15 heavy (non-hydrogen) atoms. The second-order valence-electron chi connectivity index (χ2n) is 2.95. The van der Waals surface area contributed by atoms with Gasteiger partial charge in [0.15, 0.2) is 5.06 Å². The van der Waals surface area contributed by atoms with Crippen molar-refractivity contribution in [2.24, 2.45) is 0 Å². The molecule has 0 fully saturated rings. The zero-order chi connectivity index (χ0) is 10.8. The molecule has 1 aromatic carbocycles. The smallest absolute Gasteiger partial charge is 0.173 e. The molecule has 0 saturated heterocycles. The molecule has 0 spiro atoms. The fourth-order valence-corrected chi connectivity index (χ4v) is 2.92. The molecule has 4 heteroatoms. The number of ether oxygens (including phenoxy) is 1. The molecular weight excluding hydrogens is 326 g/mol. The van der Waals surface area contributed by atoms with Crippen LogP contribution in [0.1, 0.15) is 0 Å². The summed E-state index contributed by atoms with van der Waals surface area (Å²) < 4.78 is 19.2. The molecule has 0 N–H and O–H groups in total. The zero-order valence-corrected chi connectivity index (χ0v) is 10.9. The minimum absolute atomic E-state index is 0.210. The molecular formula is C11H8FIOS. The van der Waals surface area contributed by atoms with Crippen molar-refractivity contribution in [3.63, 3.8) is 0 Å². The lowest BCUT2D eigenvalue weighted by Crippen LogP contribution is -1.81. The summed E-state index contributed by atoms with van der Waals surface area (Å²) in [7, 11) is 1.63. The molecule has 0 amide bonds. The molecule has 0 aliphatic rings. The number of thiophene rings is 1. The molecule has 0 radical (unpaired) electrons. The number of rotatable bonds is 2. The molecule has 2 aromatic rings. The molecule has 1 aromatic heterocycles. The number of methoxy groups -OCH3 is 1. The zero-order valence-electron chi connectivity index (χ0n) is 7.96. The van der Waals surface area contributed by atoms with Crippen molar-refractivity contribution in [3.8, 4) is 15.5 Å². The van der Waals surface area contributed by atoms with E-state index in [1.165, 1.54) is 17.4 Å². The van der Waals surface area contributed by atoms with Crippen molar-refractivity contribution < 1.29 is 9.13 Å². The van der Waals surface area contributed by atoms with Crippen LogP contribution in [0.4, 0.5) is 4.39 Å². The van der Waals surface area contributed by atoms with E-state index in [9.17, 15) is 4.39 Å². The van der Waals surface area contributed by atoms with Gasteiger partial charge in [0.2, 0.25) is 0 Å². The monoisotopic (exact) mass is 334 g/mol. The topological polar surface area (TPSA) is 9.23 Å². The van der Waals surface area contributed by atoms with Gasteiger partial charge in [0.05, 0.1) is 7.11 Å². The van der Waals surface area contributed by atoms with E-state index in [-0.39, 0.29) is 5.82 Å². The average molecular weight is 334 g/mol. The Balaban J connectivity index is 2.48. The molecule has 0 bridgehead atoms. The summed E-state index contributed by atoms with van der Waals surface area (Å²) in [5.41, 5.74) is 0.920. The van der Waals surface area contributed by atoms with Gasteiger partial charge in [0.1, 0.15) is 5.82 Å². The Morgan fingerprint density at radius 1 is 1.27 bits per heavy atom. The van der Waals surface area contributed by atoms with Gasteiger partial charge >= 0.3 is 0 Å². The highest BCUT2D eigenvalue weighted by molar-refractivity contribution is 14.1. The summed E-state index contributed by atoms with van der Waals surface area (Å²) in [5, 5.41) is 0.838. The van der Waals surface area contributed by atoms with E-state index in [1.54, 1.807) is 19.2 Å². The van der Waals surface area contributed by atoms with E-state index >= 15 is 0 Å². The first kappa shape index (κ1) is 10.9. The summed E-state index contributed by atoms with van der Waals surface area (Å²) in [6.45, 7) is 0. The fourth-order valence-electron chi connectivity index (χ4n) is 1.26. The first-order chi connectivity index (χ1) is 7.20. The maximum absolute atomic E-state index is 13.1. The van der Waals surface area contributed by atoms with Gasteiger partial charge in [-0.05, 0) is 52.9 Å².